The summed E-state index contributed by atoms with van der Waals surface area (Å²) in [5, 5.41) is -1.60. The zero-order valence-electron chi connectivity index (χ0n) is 13.1. The highest BCUT2D eigenvalue weighted by Gasteiger charge is 2.82. The quantitative estimate of drug-likeness (QED) is 0.564. The second-order valence-corrected chi connectivity index (χ2v) is 11.7. The summed E-state index contributed by atoms with van der Waals surface area (Å²) in [6.07, 6.45) is -0.941. The average molecular weight is 378 g/mol. The Morgan fingerprint density at radius 3 is 2.25 bits per heavy atom. The SMILES string of the molecule is CC1C2CC3(C4C5CC6(C)OS(=O)(=O)C4C6O5)OS(=O)(=O)C1C3O2. The summed E-state index contributed by atoms with van der Waals surface area (Å²) in [7, 11) is -7.61. The van der Waals surface area contributed by atoms with Crippen molar-refractivity contribution in [2.45, 2.75) is 72.8 Å². The highest BCUT2D eigenvalue weighted by atomic mass is 32.2. The summed E-state index contributed by atoms with van der Waals surface area (Å²) in [6, 6.07) is 0. The topological polar surface area (TPSA) is 105 Å². The molecule has 10 unspecified atom stereocenters. The molecule has 6 fully saturated rings. The van der Waals surface area contributed by atoms with E-state index in [-0.39, 0.29) is 18.1 Å². The number of rotatable bonds is 1. The molecule has 0 aromatic rings. The third-order valence-electron chi connectivity index (χ3n) is 7.12. The lowest BCUT2D eigenvalue weighted by atomic mass is 9.65. The molecule has 0 N–H and O–H groups in total. The molecule has 0 aromatic carbocycles. The molecule has 6 saturated heterocycles. The van der Waals surface area contributed by atoms with Gasteiger partial charge in [-0.2, -0.15) is 16.8 Å². The van der Waals surface area contributed by atoms with Gasteiger partial charge in [-0.05, 0) is 6.92 Å². The van der Waals surface area contributed by atoms with Crippen LogP contribution >= 0.6 is 0 Å². The Morgan fingerprint density at radius 2 is 1.54 bits per heavy atom. The molecule has 0 amide bonds. The van der Waals surface area contributed by atoms with Crippen LogP contribution < -0.4 is 0 Å². The molecule has 0 aliphatic carbocycles. The van der Waals surface area contributed by atoms with E-state index in [2.05, 4.69) is 0 Å². The highest BCUT2D eigenvalue weighted by Crippen LogP contribution is 2.66. The third kappa shape index (κ3) is 1.33. The molecule has 4 bridgehead atoms. The van der Waals surface area contributed by atoms with Crippen LogP contribution in [0.5, 0.6) is 0 Å². The first-order chi connectivity index (χ1) is 11.1. The van der Waals surface area contributed by atoms with Crippen LogP contribution in [0, 0.1) is 11.8 Å². The van der Waals surface area contributed by atoms with E-state index in [1.807, 2.05) is 6.92 Å². The van der Waals surface area contributed by atoms with Crippen molar-refractivity contribution >= 4 is 20.2 Å². The first-order valence-electron chi connectivity index (χ1n) is 8.29. The Balaban J connectivity index is 1.52. The van der Waals surface area contributed by atoms with Crippen LogP contribution in [0.2, 0.25) is 0 Å². The minimum Gasteiger partial charge on any atom is -0.370 e. The maximum absolute atomic E-state index is 12.6. The molecule has 24 heavy (non-hydrogen) atoms. The predicted octanol–water partition coefficient (Wildman–Crippen LogP) is -0.464. The molecule has 6 aliphatic rings. The van der Waals surface area contributed by atoms with Gasteiger partial charge in [-0.1, -0.05) is 6.92 Å². The van der Waals surface area contributed by atoms with Crippen molar-refractivity contribution in [2.24, 2.45) is 11.8 Å². The molecule has 8 nitrogen and oxygen atoms in total. The molecular weight excluding hydrogens is 360 g/mol. The Labute approximate surface area is 140 Å². The van der Waals surface area contributed by atoms with Crippen molar-refractivity contribution in [3.63, 3.8) is 0 Å². The summed E-state index contributed by atoms with van der Waals surface area (Å²) < 4.78 is 73.2. The van der Waals surface area contributed by atoms with Gasteiger partial charge >= 0.3 is 0 Å². The largest absolute Gasteiger partial charge is 0.370 e. The third-order valence-corrected chi connectivity index (χ3v) is 10.8. The second-order valence-electron chi connectivity index (χ2n) is 8.33. The van der Waals surface area contributed by atoms with E-state index in [4.69, 9.17) is 17.8 Å². The fourth-order valence-electron chi connectivity index (χ4n) is 6.34. The molecule has 6 aliphatic heterocycles. The van der Waals surface area contributed by atoms with Crippen molar-refractivity contribution < 1.29 is 34.7 Å². The van der Waals surface area contributed by atoms with Crippen molar-refractivity contribution in [1.82, 2.24) is 0 Å². The fraction of sp³-hybridized carbons (Fsp3) is 1.00. The monoisotopic (exact) mass is 378 g/mol. The lowest BCUT2D eigenvalue weighted by Crippen LogP contribution is -2.57. The van der Waals surface area contributed by atoms with Crippen molar-refractivity contribution in [3.8, 4) is 0 Å². The maximum atomic E-state index is 12.6. The van der Waals surface area contributed by atoms with E-state index < -0.39 is 60.1 Å². The summed E-state index contributed by atoms with van der Waals surface area (Å²) in [6.45, 7) is 3.60. The lowest BCUT2D eigenvalue weighted by Gasteiger charge is -2.39. The van der Waals surface area contributed by atoms with Crippen LogP contribution in [0.1, 0.15) is 26.7 Å². The first-order valence-corrected chi connectivity index (χ1v) is 11.2. The standard InChI is InChI=1S/C14H18O8S2/c1-5-6-4-14(12(19-6)9(5)23(15,16)22-14)8-7-3-13(2)11(20-7)10(8)24(17,18)21-13/h5-12H,3-4H2,1-2H3. The minimum absolute atomic E-state index is 0.142. The summed E-state index contributed by atoms with van der Waals surface area (Å²) >= 11 is 0. The molecule has 10 heteroatoms. The van der Waals surface area contributed by atoms with Gasteiger partial charge in [-0.15, -0.1) is 0 Å². The van der Waals surface area contributed by atoms with E-state index in [0.717, 1.165) is 0 Å². The molecule has 0 aromatic heterocycles. The van der Waals surface area contributed by atoms with Crippen LogP contribution in [0.3, 0.4) is 0 Å². The van der Waals surface area contributed by atoms with Gasteiger partial charge in [0.25, 0.3) is 20.2 Å². The molecule has 0 saturated carbocycles. The Bertz CT molecular complexity index is 867. The Morgan fingerprint density at radius 1 is 0.875 bits per heavy atom. The zero-order valence-corrected chi connectivity index (χ0v) is 14.7. The highest BCUT2D eigenvalue weighted by molar-refractivity contribution is 7.88. The molecular formula is C14H18O8S2. The van der Waals surface area contributed by atoms with Crippen LogP contribution in [-0.4, -0.2) is 63.0 Å². The predicted molar refractivity (Wildman–Crippen MR) is 77.9 cm³/mol. The normalized spacial score (nSPS) is 66.6. The molecule has 10 atom stereocenters. The minimum atomic E-state index is -3.83. The van der Waals surface area contributed by atoms with Crippen LogP contribution in [0.4, 0.5) is 0 Å². The van der Waals surface area contributed by atoms with Gasteiger partial charge in [0, 0.05) is 24.7 Å². The van der Waals surface area contributed by atoms with Crippen LogP contribution in [0.25, 0.3) is 0 Å². The second kappa shape index (κ2) is 3.72. The van der Waals surface area contributed by atoms with Gasteiger partial charge in [0.15, 0.2) is 0 Å². The van der Waals surface area contributed by atoms with E-state index in [1.54, 1.807) is 6.92 Å². The van der Waals surface area contributed by atoms with E-state index in [9.17, 15) is 16.8 Å². The van der Waals surface area contributed by atoms with E-state index >= 15 is 0 Å². The fourth-order valence-corrected chi connectivity index (χ4v) is 10.7. The number of fused-ring (bicyclic) bond motifs is 2. The smallest absolute Gasteiger partial charge is 0.274 e. The van der Waals surface area contributed by atoms with Gasteiger partial charge in [0.2, 0.25) is 0 Å². The van der Waals surface area contributed by atoms with Gasteiger partial charge in [-0.3, -0.25) is 8.37 Å². The molecule has 0 radical (unpaired) electrons. The van der Waals surface area contributed by atoms with Gasteiger partial charge < -0.3 is 9.47 Å². The van der Waals surface area contributed by atoms with Gasteiger partial charge in [0.05, 0.1) is 12.2 Å². The van der Waals surface area contributed by atoms with Crippen molar-refractivity contribution in [2.75, 3.05) is 0 Å². The molecule has 6 heterocycles. The summed E-state index contributed by atoms with van der Waals surface area (Å²) in [5.41, 5.74) is -1.98. The zero-order chi connectivity index (χ0) is 16.9. The summed E-state index contributed by atoms with van der Waals surface area (Å²) in [4.78, 5) is 0. The van der Waals surface area contributed by atoms with Crippen molar-refractivity contribution in [1.29, 1.82) is 0 Å². The van der Waals surface area contributed by atoms with Crippen molar-refractivity contribution in [3.05, 3.63) is 0 Å². The molecule has 134 valence electrons. The number of hydrogen-bond donors (Lipinski definition) is 0. The van der Waals surface area contributed by atoms with Gasteiger partial charge in [0.1, 0.15) is 33.9 Å². The van der Waals surface area contributed by atoms with Crippen LogP contribution in [0.15, 0.2) is 0 Å². The maximum Gasteiger partial charge on any atom is 0.274 e. The average Bonchev–Trinajstić information content (AvgIpc) is 3.14. The van der Waals surface area contributed by atoms with Gasteiger partial charge in [-0.25, -0.2) is 0 Å². The summed E-state index contributed by atoms with van der Waals surface area (Å²) in [5.74, 6) is -0.706. The molecule has 0 spiro atoms. The van der Waals surface area contributed by atoms with Crippen LogP contribution in [-0.2, 0) is 38.1 Å². The van der Waals surface area contributed by atoms with E-state index in [1.165, 1.54) is 0 Å². The Hall–Kier alpha value is -0.260. The number of hydrogen-bond acceptors (Lipinski definition) is 8. The first kappa shape index (κ1) is 14.9. The molecule has 6 rings (SSSR count). The van der Waals surface area contributed by atoms with E-state index in [0.29, 0.717) is 12.8 Å². The lowest BCUT2D eigenvalue weighted by molar-refractivity contribution is -0.0431. The Kier molecular flexibility index (Phi) is 2.30. The number of ether oxygens (including phenoxy) is 2.